The molecule has 0 fully saturated rings. The van der Waals surface area contributed by atoms with E-state index < -0.39 is 0 Å². The number of nitrogens with zero attached hydrogens (tertiary/aromatic N) is 2. The summed E-state index contributed by atoms with van der Waals surface area (Å²) in [5, 5.41) is 0. The predicted octanol–water partition coefficient (Wildman–Crippen LogP) is 3.90. The normalized spacial score (nSPS) is 13.6. The van der Waals surface area contributed by atoms with Crippen molar-refractivity contribution in [1.29, 1.82) is 0 Å². The van der Waals surface area contributed by atoms with Crippen molar-refractivity contribution in [2.24, 2.45) is 5.41 Å². The maximum Gasteiger partial charge on any atom is 0.160 e. The van der Waals surface area contributed by atoms with Gasteiger partial charge in [0.2, 0.25) is 0 Å². The standard InChI is InChI=1S/C14H24BrN3O/c1-6-8-9-10(15)12(16)18-13(17-9)11(19-7-2)14(3,4)5/h11H,6-8H2,1-5H3,(H2,16,17,18). The second-order valence-electron chi connectivity index (χ2n) is 5.68. The molecule has 0 saturated heterocycles. The first-order chi connectivity index (χ1) is 8.81. The molecule has 1 unspecified atom stereocenters. The van der Waals surface area contributed by atoms with Crippen LogP contribution in [0.4, 0.5) is 5.82 Å². The Hall–Kier alpha value is -0.680. The fourth-order valence-electron chi connectivity index (χ4n) is 1.93. The summed E-state index contributed by atoms with van der Waals surface area (Å²) in [6.07, 6.45) is 1.75. The van der Waals surface area contributed by atoms with E-state index >= 15 is 0 Å². The highest BCUT2D eigenvalue weighted by Crippen LogP contribution is 2.36. The van der Waals surface area contributed by atoms with Gasteiger partial charge in [0.25, 0.3) is 0 Å². The fraction of sp³-hybridized carbons (Fsp3) is 0.714. The lowest BCUT2D eigenvalue weighted by Gasteiger charge is -2.29. The molecule has 0 spiro atoms. The van der Waals surface area contributed by atoms with Crippen molar-refractivity contribution in [2.45, 2.75) is 53.6 Å². The predicted molar refractivity (Wildman–Crippen MR) is 82.0 cm³/mol. The first-order valence-corrected chi connectivity index (χ1v) is 7.53. The van der Waals surface area contributed by atoms with Crippen molar-refractivity contribution in [3.05, 3.63) is 16.0 Å². The Morgan fingerprint density at radius 3 is 2.37 bits per heavy atom. The summed E-state index contributed by atoms with van der Waals surface area (Å²) in [4.78, 5) is 9.04. The van der Waals surface area contributed by atoms with Gasteiger partial charge < -0.3 is 10.5 Å². The van der Waals surface area contributed by atoms with Gasteiger partial charge in [0.15, 0.2) is 5.82 Å². The Morgan fingerprint density at radius 2 is 1.89 bits per heavy atom. The highest BCUT2D eigenvalue weighted by molar-refractivity contribution is 9.10. The van der Waals surface area contributed by atoms with Crippen molar-refractivity contribution in [3.8, 4) is 0 Å². The molecule has 0 aliphatic carbocycles. The molecule has 0 aromatic carbocycles. The van der Waals surface area contributed by atoms with Crippen LogP contribution in [0.15, 0.2) is 4.47 Å². The quantitative estimate of drug-likeness (QED) is 0.889. The molecule has 19 heavy (non-hydrogen) atoms. The first-order valence-electron chi connectivity index (χ1n) is 6.74. The minimum Gasteiger partial charge on any atom is -0.383 e. The van der Waals surface area contributed by atoms with Gasteiger partial charge in [-0.1, -0.05) is 34.1 Å². The average Bonchev–Trinajstić information content (AvgIpc) is 2.30. The van der Waals surface area contributed by atoms with E-state index in [1.165, 1.54) is 0 Å². The van der Waals surface area contributed by atoms with E-state index in [4.69, 9.17) is 10.5 Å². The Labute approximate surface area is 124 Å². The molecular formula is C14H24BrN3O. The molecule has 0 aliphatic rings. The van der Waals surface area contributed by atoms with E-state index in [2.05, 4.69) is 53.6 Å². The zero-order valence-corrected chi connectivity index (χ0v) is 14.0. The molecule has 1 rings (SSSR count). The highest BCUT2D eigenvalue weighted by atomic mass is 79.9. The van der Waals surface area contributed by atoms with Gasteiger partial charge in [-0.2, -0.15) is 0 Å². The van der Waals surface area contributed by atoms with E-state index in [1.807, 2.05) is 6.92 Å². The molecule has 2 N–H and O–H groups in total. The molecule has 1 atom stereocenters. The topological polar surface area (TPSA) is 61.0 Å². The minimum atomic E-state index is -0.150. The molecule has 108 valence electrons. The van der Waals surface area contributed by atoms with Crippen LogP contribution in [-0.4, -0.2) is 16.6 Å². The van der Waals surface area contributed by atoms with Crippen LogP contribution in [0.25, 0.3) is 0 Å². The van der Waals surface area contributed by atoms with Gasteiger partial charge in [-0.05, 0) is 34.7 Å². The van der Waals surface area contributed by atoms with Crippen LogP contribution >= 0.6 is 15.9 Å². The van der Waals surface area contributed by atoms with Crippen LogP contribution < -0.4 is 5.73 Å². The lowest BCUT2D eigenvalue weighted by atomic mass is 9.88. The van der Waals surface area contributed by atoms with Gasteiger partial charge in [0.1, 0.15) is 11.9 Å². The molecule has 1 aromatic rings. The fourth-order valence-corrected chi connectivity index (χ4v) is 2.31. The smallest absolute Gasteiger partial charge is 0.160 e. The molecule has 1 aromatic heterocycles. The zero-order chi connectivity index (χ0) is 14.6. The third-order valence-corrected chi connectivity index (χ3v) is 3.67. The van der Waals surface area contributed by atoms with Crippen molar-refractivity contribution in [2.75, 3.05) is 12.3 Å². The average molecular weight is 330 g/mol. The molecule has 0 radical (unpaired) electrons. The van der Waals surface area contributed by atoms with Gasteiger partial charge in [0.05, 0.1) is 10.2 Å². The van der Waals surface area contributed by atoms with Gasteiger partial charge in [-0.15, -0.1) is 0 Å². The summed E-state index contributed by atoms with van der Waals surface area (Å²) in [6, 6.07) is 0. The summed E-state index contributed by atoms with van der Waals surface area (Å²) in [6.45, 7) is 11.1. The highest BCUT2D eigenvalue weighted by Gasteiger charge is 2.30. The number of hydrogen-bond donors (Lipinski definition) is 1. The monoisotopic (exact) mass is 329 g/mol. The second kappa shape index (κ2) is 6.66. The number of anilines is 1. The molecule has 0 saturated carbocycles. The van der Waals surface area contributed by atoms with Crippen molar-refractivity contribution in [3.63, 3.8) is 0 Å². The number of halogens is 1. The second-order valence-corrected chi connectivity index (χ2v) is 6.47. The van der Waals surface area contributed by atoms with E-state index in [0.717, 1.165) is 23.0 Å². The van der Waals surface area contributed by atoms with Crippen LogP contribution in [-0.2, 0) is 11.2 Å². The number of aromatic nitrogens is 2. The largest absolute Gasteiger partial charge is 0.383 e. The van der Waals surface area contributed by atoms with Crippen molar-refractivity contribution in [1.82, 2.24) is 9.97 Å². The van der Waals surface area contributed by atoms with Crippen LogP contribution in [0, 0.1) is 5.41 Å². The van der Waals surface area contributed by atoms with Crippen LogP contribution in [0.5, 0.6) is 0 Å². The summed E-state index contributed by atoms with van der Waals surface area (Å²) >= 11 is 3.46. The maximum absolute atomic E-state index is 5.98. The molecule has 0 bridgehead atoms. The molecule has 0 amide bonds. The number of rotatable bonds is 5. The Balaban J connectivity index is 3.24. The summed E-state index contributed by atoms with van der Waals surface area (Å²) in [7, 11) is 0. The van der Waals surface area contributed by atoms with Gasteiger partial charge in [0, 0.05) is 6.61 Å². The third kappa shape index (κ3) is 4.14. The minimum absolute atomic E-state index is 0.0697. The number of hydrogen-bond acceptors (Lipinski definition) is 4. The number of nitrogens with two attached hydrogens (primary N) is 1. The maximum atomic E-state index is 5.98. The Morgan fingerprint density at radius 1 is 1.26 bits per heavy atom. The van der Waals surface area contributed by atoms with Gasteiger partial charge in [-0.25, -0.2) is 9.97 Å². The summed E-state index contributed by atoms with van der Waals surface area (Å²) in [5.41, 5.74) is 6.86. The van der Waals surface area contributed by atoms with E-state index in [1.54, 1.807) is 0 Å². The molecular weight excluding hydrogens is 306 g/mol. The SMILES string of the molecule is CCCc1nc(C(OCC)C(C)(C)C)nc(N)c1Br. The van der Waals surface area contributed by atoms with Crippen molar-refractivity contribution < 1.29 is 4.74 Å². The lowest BCUT2D eigenvalue weighted by Crippen LogP contribution is -2.24. The summed E-state index contributed by atoms with van der Waals surface area (Å²) in [5.74, 6) is 1.17. The van der Waals surface area contributed by atoms with Crippen LogP contribution in [0.1, 0.15) is 58.7 Å². The molecule has 5 heteroatoms. The Bertz CT molecular complexity index is 429. The number of nitrogen functional groups attached to an aromatic ring is 1. The molecule has 4 nitrogen and oxygen atoms in total. The number of ether oxygens (including phenoxy) is 1. The van der Waals surface area contributed by atoms with Gasteiger partial charge in [-0.3, -0.25) is 0 Å². The first kappa shape index (κ1) is 16.4. The Kier molecular flexibility index (Phi) is 5.74. The van der Waals surface area contributed by atoms with Crippen LogP contribution in [0.3, 0.4) is 0 Å². The van der Waals surface area contributed by atoms with Gasteiger partial charge >= 0.3 is 0 Å². The van der Waals surface area contributed by atoms with E-state index in [0.29, 0.717) is 18.2 Å². The zero-order valence-electron chi connectivity index (χ0n) is 12.5. The lowest BCUT2D eigenvalue weighted by molar-refractivity contribution is -0.0191. The molecule has 0 aliphatic heterocycles. The number of aryl methyl sites for hydroxylation is 1. The summed E-state index contributed by atoms with van der Waals surface area (Å²) < 4.78 is 6.63. The van der Waals surface area contributed by atoms with E-state index in [9.17, 15) is 0 Å². The third-order valence-electron chi connectivity index (χ3n) is 2.80. The van der Waals surface area contributed by atoms with Crippen LogP contribution in [0.2, 0.25) is 0 Å². The van der Waals surface area contributed by atoms with E-state index in [-0.39, 0.29) is 11.5 Å². The van der Waals surface area contributed by atoms with Crippen molar-refractivity contribution >= 4 is 21.7 Å². The molecule has 1 heterocycles.